The molecule has 0 unspecified atom stereocenters. The Bertz CT molecular complexity index is 2290. The Morgan fingerprint density at radius 3 is 2.37 bits per heavy atom. The second-order valence-electron chi connectivity index (χ2n) is 13.1. The zero-order chi connectivity index (χ0) is 33.8. The molecule has 0 saturated carbocycles. The average molecular weight is 812 g/mol. The smallest absolute Gasteiger partial charge is 0.120 e. The van der Waals surface area contributed by atoms with Crippen LogP contribution in [-0.2, 0) is 20.1 Å². The van der Waals surface area contributed by atoms with Gasteiger partial charge < -0.3 is 14.4 Å². The summed E-state index contributed by atoms with van der Waals surface area (Å²) in [6.07, 6.45) is 3.55. The summed E-state index contributed by atoms with van der Waals surface area (Å²) in [5.74, 6) is 0. The molecule has 3 nitrogen and oxygen atoms in total. The molecule has 0 bridgehead atoms. The summed E-state index contributed by atoms with van der Waals surface area (Å²) in [5, 5.41) is 6.43. The Hall–Kier alpha value is -3.94. The predicted molar refractivity (Wildman–Crippen MR) is 194 cm³/mol. The molecule has 0 atom stereocenters. The fourth-order valence-corrected chi connectivity index (χ4v) is 10.9. The summed E-state index contributed by atoms with van der Waals surface area (Å²) in [7, 11) is -3.15. The summed E-state index contributed by atoms with van der Waals surface area (Å²) < 4.78 is 29.6. The van der Waals surface area contributed by atoms with Crippen molar-refractivity contribution < 1.29 is 28.6 Å². The van der Waals surface area contributed by atoms with E-state index in [2.05, 4.69) is 103 Å². The van der Waals surface area contributed by atoms with Gasteiger partial charge in [0.1, 0.15) is 13.7 Å². The third-order valence-corrected chi connectivity index (χ3v) is 14.3. The summed E-state index contributed by atoms with van der Waals surface area (Å²) in [5.41, 5.74) is 7.73. The minimum absolute atomic E-state index is 0. The molecule has 7 aromatic rings. The van der Waals surface area contributed by atoms with Gasteiger partial charge in [0.2, 0.25) is 0 Å². The molecule has 0 amide bonds. The number of pyridine rings is 2. The molecule has 4 aromatic carbocycles. The van der Waals surface area contributed by atoms with Gasteiger partial charge in [-0.1, -0.05) is 97.8 Å². The Balaban J connectivity index is 0.000000208. The maximum Gasteiger partial charge on any atom is 0.120 e. The van der Waals surface area contributed by atoms with Gasteiger partial charge in [-0.2, -0.15) is 0 Å². The number of nitrogens with zero attached hydrogens (tertiary/aromatic N) is 2. The van der Waals surface area contributed by atoms with E-state index in [1.165, 1.54) is 39.0 Å². The van der Waals surface area contributed by atoms with Crippen LogP contribution in [0.5, 0.6) is 0 Å². The first-order valence-electron chi connectivity index (χ1n) is 16.7. The Kier molecular flexibility index (Phi) is 7.60. The quantitative estimate of drug-likeness (QED) is 0.133. The van der Waals surface area contributed by atoms with E-state index < -0.39 is 23.0 Å². The van der Waals surface area contributed by atoms with Crippen molar-refractivity contribution in [3.05, 3.63) is 127 Å². The molecule has 3 aromatic heterocycles. The van der Waals surface area contributed by atoms with Gasteiger partial charge in [0, 0.05) is 42.0 Å². The van der Waals surface area contributed by atoms with Crippen LogP contribution in [0.15, 0.2) is 114 Å². The molecule has 0 aliphatic carbocycles. The van der Waals surface area contributed by atoms with Gasteiger partial charge in [0.15, 0.2) is 0 Å². The van der Waals surface area contributed by atoms with Crippen molar-refractivity contribution in [3.8, 4) is 33.6 Å². The molecule has 1 aliphatic rings. The van der Waals surface area contributed by atoms with Crippen molar-refractivity contribution in [2.75, 3.05) is 0 Å². The Morgan fingerprint density at radius 2 is 1.63 bits per heavy atom. The third-order valence-electron chi connectivity index (χ3n) is 8.74. The van der Waals surface area contributed by atoms with E-state index in [0.29, 0.717) is 16.8 Å². The van der Waals surface area contributed by atoms with Gasteiger partial charge >= 0.3 is 0 Å². The molecule has 1 aliphatic heterocycles. The summed E-state index contributed by atoms with van der Waals surface area (Å²) in [4.78, 5) is 8.96. The van der Waals surface area contributed by atoms with Crippen LogP contribution >= 0.6 is 0 Å². The van der Waals surface area contributed by atoms with E-state index in [9.17, 15) is 0 Å². The van der Waals surface area contributed by atoms with Crippen LogP contribution in [0.3, 0.4) is 0 Å². The molecule has 0 spiro atoms. The number of rotatable bonds is 3. The van der Waals surface area contributed by atoms with E-state index >= 15 is 0 Å². The molecule has 1 radical (unpaired) electrons. The number of benzene rings is 4. The second-order valence-corrected chi connectivity index (χ2v) is 22.5. The molecule has 0 N–H and O–H groups in total. The van der Waals surface area contributed by atoms with Crippen molar-refractivity contribution in [2.24, 2.45) is 0 Å². The monoisotopic (exact) mass is 812 g/mol. The molecule has 0 fully saturated rings. The van der Waals surface area contributed by atoms with E-state index in [-0.39, 0.29) is 25.7 Å². The van der Waals surface area contributed by atoms with Crippen LogP contribution in [0.1, 0.15) is 9.68 Å². The average Bonchev–Trinajstić information content (AvgIpc) is 3.57. The number of hydrogen-bond acceptors (Lipinski definition) is 3. The third kappa shape index (κ3) is 5.65. The number of hydrogen-bond donors (Lipinski definition) is 0. The minimum atomic E-state index is -2.19. The molecular formula is C40H36IrN2OSi2-2. The van der Waals surface area contributed by atoms with Crippen LogP contribution in [0, 0.1) is 19.0 Å². The number of fused-ring (bicyclic) bond motifs is 7. The first kappa shape index (κ1) is 28.3. The van der Waals surface area contributed by atoms with Crippen LogP contribution in [0.25, 0.3) is 55.6 Å². The summed E-state index contributed by atoms with van der Waals surface area (Å²) >= 11 is 0. The van der Waals surface area contributed by atoms with Crippen LogP contribution in [0.2, 0.25) is 32.7 Å². The zero-order valence-corrected chi connectivity index (χ0v) is 30.9. The zero-order valence-electron chi connectivity index (χ0n) is 29.5. The van der Waals surface area contributed by atoms with Gasteiger partial charge in [-0.05, 0) is 57.1 Å². The first-order valence-corrected chi connectivity index (χ1v) is 21.7. The predicted octanol–water partition coefficient (Wildman–Crippen LogP) is 8.65. The Labute approximate surface area is 291 Å². The van der Waals surface area contributed by atoms with Gasteiger partial charge in [0.05, 0.1) is 13.7 Å². The number of aromatic nitrogens is 2. The first-order chi connectivity index (χ1) is 22.8. The normalized spacial score (nSPS) is 14.2. The molecule has 4 heterocycles. The molecule has 46 heavy (non-hydrogen) atoms. The number of furan rings is 1. The van der Waals surface area contributed by atoms with E-state index in [0.717, 1.165) is 27.6 Å². The number of aryl methyl sites for hydroxylation is 1. The molecule has 0 saturated heterocycles. The maximum absolute atomic E-state index is 7.75. The van der Waals surface area contributed by atoms with Crippen LogP contribution in [0.4, 0.5) is 0 Å². The van der Waals surface area contributed by atoms with Gasteiger partial charge in [0.25, 0.3) is 0 Å². The van der Waals surface area contributed by atoms with Crippen LogP contribution < -0.4 is 15.6 Å². The van der Waals surface area contributed by atoms with Crippen molar-refractivity contribution >= 4 is 53.6 Å². The van der Waals surface area contributed by atoms with E-state index in [4.69, 9.17) is 8.53 Å². The Morgan fingerprint density at radius 1 is 0.804 bits per heavy atom. The van der Waals surface area contributed by atoms with Gasteiger partial charge in [-0.3, -0.25) is 0 Å². The van der Waals surface area contributed by atoms with E-state index in [1.54, 1.807) is 6.07 Å². The summed E-state index contributed by atoms with van der Waals surface area (Å²) in [6, 6.07) is 38.7. The van der Waals surface area contributed by atoms with Crippen LogP contribution in [-0.4, -0.2) is 26.1 Å². The van der Waals surface area contributed by atoms with Gasteiger partial charge in [-0.25, -0.2) is 0 Å². The fraction of sp³-hybridized carbons (Fsp3) is 0.150. The molecule has 6 heteroatoms. The van der Waals surface area contributed by atoms with Crippen molar-refractivity contribution in [3.63, 3.8) is 0 Å². The molecular weight excluding hydrogens is 773 g/mol. The van der Waals surface area contributed by atoms with Crippen molar-refractivity contribution in [1.29, 1.82) is 0 Å². The molecule has 8 rings (SSSR count). The van der Waals surface area contributed by atoms with Crippen molar-refractivity contribution in [1.82, 2.24) is 9.97 Å². The minimum Gasteiger partial charge on any atom is -0.501 e. The van der Waals surface area contributed by atoms with Gasteiger partial charge in [-0.15, -0.1) is 54.1 Å². The molecule has 231 valence electrons. The fourth-order valence-electron chi connectivity index (χ4n) is 6.41. The SMILES string of the molecule is C[Si](C)(C)c1ccc(-c2[c-]cccc2)nc1.[2H]C([2H])([2H])c1ccnc(-c2[c-]ccc3c2oc2ccc4c(c23)[Si](C)(C)c2ccccc2-4)c1.[Ir]. The topological polar surface area (TPSA) is 38.9 Å². The standard InChI is InChI=1S/C26H20NOSi.C14H16NSi.Ir/c1-16-13-14-27-21(15-16)19-8-6-9-20-24-22(28-25(19)20)12-11-18-17-7-4-5-10-23(17)29(2,3)26(18)24;1-16(2,3)13-9-10-14(15-11-13)12-7-5-4-6-8-12;/h4-7,9-15H,1-3H3;4-7,9-11H,1-3H3;/q2*-1;/i1D3;;. The largest absolute Gasteiger partial charge is 0.501 e. The van der Waals surface area contributed by atoms with E-state index in [1.807, 2.05) is 42.6 Å². The maximum atomic E-state index is 7.75. The second kappa shape index (κ2) is 12.3. The summed E-state index contributed by atoms with van der Waals surface area (Å²) in [6.45, 7) is 9.59. The van der Waals surface area contributed by atoms with Crippen molar-refractivity contribution in [2.45, 2.75) is 39.6 Å².